The topological polar surface area (TPSA) is 52.0 Å². The second-order valence-corrected chi connectivity index (χ2v) is 7.26. The number of benzene rings is 1. The summed E-state index contributed by atoms with van der Waals surface area (Å²) >= 11 is 1.42. The molecule has 3 aromatic rings. The van der Waals surface area contributed by atoms with Crippen LogP contribution in [-0.4, -0.2) is 9.55 Å². The molecule has 0 aliphatic heterocycles. The highest BCUT2D eigenvalue weighted by Gasteiger charge is 2.21. The molecule has 1 fully saturated rings. The van der Waals surface area contributed by atoms with Crippen molar-refractivity contribution in [1.29, 1.82) is 0 Å². The van der Waals surface area contributed by atoms with Gasteiger partial charge in [-0.05, 0) is 31.9 Å². The van der Waals surface area contributed by atoms with Crippen LogP contribution in [0.2, 0.25) is 0 Å². The molecule has 0 N–H and O–H groups in total. The lowest BCUT2D eigenvalue weighted by Gasteiger charge is -2.25. The number of hydrogen-bond acceptors (Lipinski definition) is 4. The van der Waals surface area contributed by atoms with Gasteiger partial charge >= 0.3 is 0 Å². The van der Waals surface area contributed by atoms with E-state index in [1.807, 2.05) is 25.1 Å². The Morgan fingerprint density at radius 2 is 1.87 bits per heavy atom. The van der Waals surface area contributed by atoms with Crippen LogP contribution in [0.3, 0.4) is 0 Å². The molecule has 118 valence electrons. The third-order valence-corrected chi connectivity index (χ3v) is 5.83. The average molecular weight is 326 g/mol. The van der Waals surface area contributed by atoms with Gasteiger partial charge in [0.2, 0.25) is 5.43 Å². The second-order valence-electron chi connectivity index (χ2n) is 6.23. The molecule has 1 aliphatic rings. The molecule has 0 radical (unpaired) electrons. The van der Waals surface area contributed by atoms with Crippen LogP contribution in [0.1, 0.15) is 44.0 Å². The lowest BCUT2D eigenvalue weighted by Crippen LogP contribution is -2.31. The van der Waals surface area contributed by atoms with Gasteiger partial charge in [-0.25, -0.2) is 4.98 Å². The van der Waals surface area contributed by atoms with Crippen LogP contribution in [0.25, 0.3) is 20.3 Å². The summed E-state index contributed by atoms with van der Waals surface area (Å²) in [5, 5.41) is 0.868. The molecule has 0 spiro atoms. The van der Waals surface area contributed by atoms with Crippen molar-refractivity contribution in [2.75, 3.05) is 0 Å². The van der Waals surface area contributed by atoms with Crippen molar-refractivity contribution in [2.24, 2.45) is 0 Å². The van der Waals surface area contributed by atoms with Crippen LogP contribution in [0.5, 0.6) is 0 Å². The molecule has 4 rings (SSSR count). The summed E-state index contributed by atoms with van der Waals surface area (Å²) in [6.45, 7) is 1.88. The monoisotopic (exact) mass is 326 g/mol. The van der Waals surface area contributed by atoms with Gasteiger partial charge in [-0.15, -0.1) is 11.3 Å². The molecule has 4 nitrogen and oxygen atoms in total. The Bertz CT molecular complexity index is 1010. The molecule has 0 bridgehead atoms. The van der Waals surface area contributed by atoms with Crippen molar-refractivity contribution in [2.45, 2.75) is 45.1 Å². The van der Waals surface area contributed by atoms with Gasteiger partial charge in [0.25, 0.3) is 5.56 Å². The predicted molar refractivity (Wildman–Crippen MR) is 94.5 cm³/mol. The summed E-state index contributed by atoms with van der Waals surface area (Å²) in [6, 6.07) is 7.62. The molecule has 2 aromatic heterocycles. The van der Waals surface area contributed by atoms with Gasteiger partial charge in [-0.1, -0.05) is 31.4 Å². The molecular formula is C18H18N2O2S. The molecule has 1 aromatic carbocycles. The van der Waals surface area contributed by atoms with Gasteiger partial charge in [0.05, 0.1) is 0 Å². The number of hydrogen-bond donors (Lipinski definition) is 0. The quantitative estimate of drug-likeness (QED) is 0.639. The Labute approximate surface area is 137 Å². The summed E-state index contributed by atoms with van der Waals surface area (Å²) in [4.78, 5) is 31.0. The lowest BCUT2D eigenvalue weighted by molar-refractivity contribution is 0.340. The van der Waals surface area contributed by atoms with E-state index in [4.69, 9.17) is 0 Å². The normalized spacial score (nSPS) is 16.2. The molecule has 1 aliphatic carbocycles. The summed E-state index contributed by atoms with van der Waals surface area (Å²) in [6.07, 6.45) is 5.50. The van der Waals surface area contributed by atoms with Crippen LogP contribution >= 0.6 is 11.3 Å². The maximum atomic E-state index is 13.0. The highest BCUT2D eigenvalue weighted by atomic mass is 32.1. The summed E-state index contributed by atoms with van der Waals surface area (Å²) in [5.74, 6) is 0.723. The van der Waals surface area contributed by atoms with Crippen molar-refractivity contribution < 1.29 is 0 Å². The minimum Gasteiger partial charge on any atom is -0.293 e. The van der Waals surface area contributed by atoms with Gasteiger partial charge in [0.1, 0.15) is 16.0 Å². The van der Waals surface area contributed by atoms with E-state index in [0.717, 1.165) is 36.2 Å². The fourth-order valence-corrected chi connectivity index (χ4v) is 4.72. The van der Waals surface area contributed by atoms with E-state index in [2.05, 4.69) is 4.98 Å². The number of fused-ring (bicyclic) bond motifs is 2. The third kappa shape index (κ3) is 2.30. The largest absolute Gasteiger partial charge is 0.293 e. The van der Waals surface area contributed by atoms with E-state index in [9.17, 15) is 9.59 Å². The Balaban J connectivity index is 2.07. The van der Waals surface area contributed by atoms with Crippen LogP contribution in [-0.2, 0) is 0 Å². The Hall–Kier alpha value is -2.01. The van der Waals surface area contributed by atoms with E-state index in [1.165, 1.54) is 17.8 Å². The van der Waals surface area contributed by atoms with Crippen molar-refractivity contribution >= 4 is 31.6 Å². The maximum absolute atomic E-state index is 13.0. The third-order valence-electron chi connectivity index (χ3n) is 4.76. The number of aryl methyl sites for hydroxylation is 1. The average Bonchev–Trinajstić information content (AvgIpc) is 2.55. The Morgan fingerprint density at radius 1 is 1.13 bits per heavy atom. The van der Waals surface area contributed by atoms with Crippen LogP contribution in [0.15, 0.2) is 33.9 Å². The van der Waals surface area contributed by atoms with E-state index in [1.54, 1.807) is 10.6 Å². The minimum absolute atomic E-state index is 0.161. The lowest BCUT2D eigenvalue weighted by atomic mass is 9.95. The van der Waals surface area contributed by atoms with Crippen molar-refractivity contribution in [1.82, 2.24) is 9.55 Å². The zero-order chi connectivity index (χ0) is 16.0. The first-order valence-corrected chi connectivity index (χ1v) is 8.93. The van der Waals surface area contributed by atoms with Crippen molar-refractivity contribution in [3.63, 3.8) is 0 Å². The number of nitrogens with zero attached hydrogens (tertiary/aromatic N) is 2. The molecule has 1 saturated carbocycles. The Morgan fingerprint density at radius 3 is 2.65 bits per heavy atom. The summed E-state index contributed by atoms with van der Waals surface area (Å²) in [7, 11) is 0. The second kappa shape index (κ2) is 5.57. The summed E-state index contributed by atoms with van der Waals surface area (Å²) < 4.78 is 2.65. The Kier molecular flexibility index (Phi) is 3.53. The van der Waals surface area contributed by atoms with Gasteiger partial charge in [0, 0.05) is 16.1 Å². The first-order chi connectivity index (χ1) is 11.2. The molecule has 0 amide bonds. The smallest absolute Gasteiger partial charge is 0.266 e. The van der Waals surface area contributed by atoms with Crippen LogP contribution < -0.4 is 11.0 Å². The molecule has 5 heteroatoms. The van der Waals surface area contributed by atoms with E-state index in [0.29, 0.717) is 10.2 Å². The van der Waals surface area contributed by atoms with E-state index >= 15 is 0 Å². The maximum Gasteiger partial charge on any atom is 0.266 e. The molecule has 0 saturated heterocycles. The van der Waals surface area contributed by atoms with Gasteiger partial charge < -0.3 is 0 Å². The molecule has 2 heterocycles. The summed E-state index contributed by atoms with van der Waals surface area (Å²) in [5.41, 5.74) is -0.345. The first-order valence-electron chi connectivity index (χ1n) is 8.11. The van der Waals surface area contributed by atoms with Crippen molar-refractivity contribution in [3.8, 4) is 0 Å². The zero-order valence-electron chi connectivity index (χ0n) is 13.0. The van der Waals surface area contributed by atoms with E-state index in [-0.39, 0.29) is 22.4 Å². The predicted octanol–water partition coefficient (Wildman–Crippen LogP) is 3.79. The fraction of sp³-hybridized carbons (Fsp3) is 0.389. The standard InChI is InChI=1S/C18H18N2O2S/c1-11-19-17-15(16(21)13-9-5-6-10-14(13)23-17)18(22)20(11)12-7-3-2-4-8-12/h5-6,9-10,12H,2-4,7-8H2,1H3. The minimum atomic E-state index is -0.184. The molecule has 23 heavy (non-hydrogen) atoms. The van der Waals surface area contributed by atoms with Gasteiger partial charge in [0.15, 0.2) is 0 Å². The highest BCUT2D eigenvalue weighted by molar-refractivity contribution is 7.24. The zero-order valence-corrected chi connectivity index (χ0v) is 13.9. The SMILES string of the molecule is Cc1nc2sc3ccccc3c(=O)c2c(=O)n1C1CCCCC1. The molecular weight excluding hydrogens is 308 g/mol. The van der Waals surface area contributed by atoms with Crippen LogP contribution in [0.4, 0.5) is 0 Å². The van der Waals surface area contributed by atoms with Gasteiger partial charge in [-0.3, -0.25) is 14.2 Å². The molecule has 0 atom stereocenters. The van der Waals surface area contributed by atoms with Crippen molar-refractivity contribution in [3.05, 3.63) is 50.7 Å². The van der Waals surface area contributed by atoms with Crippen LogP contribution in [0, 0.1) is 6.92 Å². The first kappa shape index (κ1) is 14.6. The molecule has 0 unspecified atom stereocenters. The van der Waals surface area contributed by atoms with E-state index < -0.39 is 0 Å². The fourth-order valence-electron chi connectivity index (χ4n) is 3.64. The van der Waals surface area contributed by atoms with Gasteiger partial charge in [-0.2, -0.15) is 0 Å². The number of rotatable bonds is 1. The number of aromatic nitrogens is 2. The highest BCUT2D eigenvalue weighted by Crippen LogP contribution is 2.29.